The standard InChI is InChI=1S/C8H14O9S3/c9-18(14-5-7-1-3-19(10,11)16-7)15-6-8-2-4-20(12,13)17-8/h7-8H,1-6H2. The third kappa shape index (κ3) is 5.02. The van der Waals surface area contributed by atoms with E-state index < -0.39 is 43.8 Å². The molecule has 2 saturated heterocycles. The highest BCUT2D eigenvalue weighted by Gasteiger charge is 2.31. The van der Waals surface area contributed by atoms with Crippen LogP contribution in [-0.2, 0) is 48.3 Å². The average molecular weight is 350 g/mol. The van der Waals surface area contributed by atoms with Crippen molar-refractivity contribution in [2.75, 3.05) is 24.7 Å². The fourth-order valence-corrected chi connectivity index (χ4v) is 4.70. The first-order valence-electron chi connectivity index (χ1n) is 5.76. The fraction of sp³-hybridized carbons (Fsp3) is 1.00. The van der Waals surface area contributed by atoms with Crippen molar-refractivity contribution in [2.45, 2.75) is 25.0 Å². The Hall–Kier alpha value is -0.110. The number of hydrogen-bond acceptors (Lipinski definition) is 9. The van der Waals surface area contributed by atoms with Gasteiger partial charge in [-0.1, -0.05) is 0 Å². The molecule has 2 aliphatic rings. The molecular formula is C8H14O9S3. The van der Waals surface area contributed by atoms with Gasteiger partial charge in [0.05, 0.1) is 24.7 Å². The first-order valence-corrected chi connectivity index (χ1v) is 9.91. The summed E-state index contributed by atoms with van der Waals surface area (Å²) in [7, 11) is -6.98. The second-order valence-corrected chi connectivity index (χ2v) is 8.62. The highest BCUT2D eigenvalue weighted by atomic mass is 32.2. The van der Waals surface area contributed by atoms with Gasteiger partial charge in [-0.05, 0) is 12.8 Å². The highest BCUT2D eigenvalue weighted by molar-refractivity contribution is 7.87. The van der Waals surface area contributed by atoms with Crippen LogP contribution in [0, 0.1) is 0 Å². The van der Waals surface area contributed by atoms with Gasteiger partial charge in [0.1, 0.15) is 12.2 Å². The summed E-state index contributed by atoms with van der Waals surface area (Å²) < 4.78 is 74.2. The molecule has 2 atom stereocenters. The third-order valence-electron chi connectivity index (χ3n) is 2.65. The van der Waals surface area contributed by atoms with E-state index in [-0.39, 0.29) is 37.6 Å². The maximum absolute atomic E-state index is 11.3. The van der Waals surface area contributed by atoms with Crippen molar-refractivity contribution in [3.05, 3.63) is 0 Å². The highest BCUT2D eigenvalue weighted by Crippen LogP contribution is 2.18. The Morgan fingerprint density at radius 3 is 1.60 bits per heavy atom. The van der Waals surface area contributed by atoms with Crippen LogP contribution in [0.25, 0.3) is 0 Å². The summed E-state index contributed by atoms with van der Waals surface area (Å²) in [5.74, 6) is -0.190. The molecule has 12 heteroatoms. The van der Waals surface area contributed by atoms with Crippen molar-refractivity contribution in [1.82, 2.24) is 0 Å². The summed E-state index contributed by atoms with van der Waals surface area (Å²) in [6.45, 7) is -0.370. The lowest BCUT2D eigenvalue weighted by molar-refractivity contribution is 0.122. The normalized spacial score (nSPS) is 33.2. The Labute approximate surface area is 119 Å². The largest absolute Gasteiger partial charge is 0.304 e. The lowest BCUT2D eigenvalue weighted by atomic mass is 10.3. The van der Waals surface area contributed by atoms with Gasteiger partial charge in [0.2, 0.25) is 0 Å². The molecule has 9 nitrogen and oxygen atoms in total. The minimum absolute atomic E-state index is 0.0949. The molecule has 0 spiro atoms. The number of rotatable bonds is 6. The fourth-order valence-electron chi connectivity index (χ4n) is 1.68. The van der Waals surface area contributed by atoms with E-state index in [2.05, 4.69) is 8.37 Å². The van der Waals surface area contributed by atoms with Gasteiger partial charge >= 0.3 is 11.4 Å². The Bertz CT molecular complexity index is 516. The molecule has 0 N–H and O–H groups in total. The molecule has 118 valence electrons. The Morgan fingerprint density at radius 1 is 0.900 bits per heavy atom. The van der Waals surface area contributed by atoms with E-state index in [0.717, 1.165) is 0 Å². The molecule has 0 amide bonds. The third-order valence-corrected chi connectivity index (χ3v) is 5.90. The summed E-state index contributed by atoms with van der Waals surface area (Å²) in [6, 6.07) is 0. The molecule has 20 heavy (non-hydrogen) atoms. The van der Waals surface area contributed by atoms with Gasteiger partial charge in [-0.3, -0.25) is 16.7 Å². The SMILES string of the molecule is O=S(OCC1CCS(=O)(=O)O1)OCC1CCS(=O)(=O)O1. The Balaban J connectivity index is 1.64. The molecule has 0 aromatic carbocycles. The van der Waals surface area contributed by atoms with Crippen LogP contribution in [0.3, 0.4) is 0 Å². The Kier molecular flexibility index (Phi) is 5.15. The van der Waals surface area contributed by atoms with E-state index >= 15 is 0 Å². The molecule has 2 fully saturated rings. The zero-order valence-electron chi connectivity index (χ0n) is 10.3. The second kappa shape index (κ2) is 6.34. The maximum Gasteiger partial charge on any atom is 0.304 e. The lowest BCUT2D eigenvalue weighted by Gasteiger charge is -2.09. The molecule has 2 heterocycles. The van der Waals surface area contributed by atoms with Crippen molar-refractivity contribution in [3.8, 4) is 0 Å². The van der Waals surface area contributed by atoms with E-state index in [4.69, 9.17) is 8.37 Å². The quantitative estimate of drug-likeness (QED) is 0.545. The predicted octanol–water partition coefficient (Wildman–Crippen LogP) is -1.16. The minimum atomic E-state index is -3.49. The molecule has 0 aromatic rings. The van der Waals surface area contributed by atoms with Crippen LogP contribution < -0.4 is 0 Å². The van der Waals surface area contributed by atoms with Crippen molar-refractivity contribution >= 4 is 31.6 Å². The van der Waals surface area contributed by atoms with Crippen LogP contribution in [0.15, 0.2) is 0 Å². The van der Waals surface area contributed by atoms with Crippen molar-refractivity contribution in [2.24, 2.45) is 0 Å². The summed E-state index contributed by atoms with van der Waals surface area (Å²) in [5.41, 5.74) is 0. The predicted molar refractivity (Wildman–Crippen MR) is 66.6 cm³/mol. The summed E-state index contributed by atoms with van der Waals surface area (Å²) >= 11 is -2.11. The molecule has 2 unspecified atom stereocenters. The van der Waals surface area contributed by atoms with Crippen LogP contribution in [0.1, 0.15) is 12.8 Å². The van der Waals surface area contributed by atoms with E-state index in [1.807, 2.05) is 0 Å². The van der Waals surface area contributed by atoms with E-state index in [0.29, 0.717) is 0 Å². The second-order valence-electron chi connectivity index (χ2n) is 4.31. The van der Waals surface area contributed by atoms with Crippen LogP contribution in [0.4, 0.5) is 0 Å². The van der Waals surface area contributed by atoms with Crippen LogP contribution >= 0.6 is 0 Å². The molecule has 0 saturated carbocycles. The van der Waals surface area contributed by atoms with Gasteiger partial charge in [-0.15, -0.1) is 0 Å². The van der Waals surface area contributed by atoms with E-state index in [9.17, 15) is 21.0 Å². The molecule has 2 aliphatic heterocycles. The van der Waals surface area contributed by atoms with Gasteiger partial charge in [-0.2, -0.15) is 21.0 Å². The average Bonchev–Trinajstić information content (AvgIpc) is 2.86. The van der Waals surface area contributed by atoms with Crippen LogP contribution in [0.2, 0.25) is 0 Å². The van der Waals surface area contributed by atoms with Gasteiger partial charge < -0.3 is 0 Å². The topological polar surface area (TPSA) is 122 Å². The monoisotopic (exact) mass is 350 g/mol. The lowest BCUT2D eigenvalue weighted by Crippen LogP contribution is -2.20. The van der Waals surface area contributed by atoms with Crippen molar-refractivity contribution in [3.63, 3.8) is 0 Å². The molecular weight excluding hydrogens is 336 g/mol. The molecule has 2 rings (SSSR count). The molecule has 0 radical (unpaired) electrons. The zero-order chi connectivity index (χ0) is 14.8. The summed E-state index contributed by atoms with van der Waals surface area (Å²) in [6.07, 6.45) is -0.807. The van der Waals surface area contributed by atoms with Crippen molar-refractivity contribution < 1.29 is 37.8 Å². The van der Waals surface area contributed by atoms with Crippen LogP contribution in [-0.4, -0.2) is 58.0 Å². The van der Waals surface area contributed by atoms with E-state index in [1.165, 1.54) is 0 Å². The zero-order valence-corrected chi connectivity index (χ0v) is 12.7. The van der Waals surface area contributed by atoms with Gasteiger partial charge in [0, 0.05) is 0 Å². The maximum atomic E-state index is 11.3. The first kappa shape index (κ1) is 16.3. The molecule has 0 aromatic heterocycles. The van der Waals surface area contributed by atoms with Gasteiger partial charge in [0.25, 0.3) is 20.2 Å². The summed E-state index contributed by atoms with van der Waals surface area (Å²) in [4.78, 5) is 0. The first-order chi connectivity index (χ1) is 9.26. The van der Waals surface area contributed by atoms with E-state index in [1.54, 1.807) is 0 Å². The van der Waals surface area contributed by atoms with Crippen molar-refractivity contribution in [1.29, 1.82) is 0 Å². The number of hydrogen-bond donors (Lipinski definition) is 0. The molecule has 0 bridgehead atoms. The smallest absolute Gasteiger partial charge is 0.266 e. The van der Waals surface area contributed by atoms with Gasteiger partial charge in [-0.25, -0.2) is 0 Å². The Morgan fingerprint density at radius 2 is 1.30 bits per heavy atom. The minimum Gasteiger partial charge on any atom is -0.266 e. The van der Waals surface area contributed by atoms with Gasteiger partial charge in [0.15, 0.2) is 0 Å². The molecule has 0 aliphatic carbocycles. The summed E-state index contributed by atoms with van der Waals surface area (Å²) in [5, 5.41) is 0. The van der Waals surface area contributed by atoms with Crippen LogP contribution in [0.5, 0.6) is 0 Å².